The second-order valence-corrected chi connectivity index (χ2v) is 2.31. The lowest BCUT2D eigenvalue weighted by atomic mass is 10.2. The molecule has 0 aliphatic heterocycles. The molecule has 0 aromatic rings. The molecule has 1 atom stereocenters. The van der Waals surface area contributed by atoms with Gasteiger partial charge in [0.15, 0.2) is 6.04 Å². The second kappa shape index (κ2) is 5.92. The van der Waals surface area contributed by atoms with Crippen molar-refractivity contribution in [1.82, 2.24) is 0 Å². The summed E-state index contributed by atoms with van der Waals surface area (Å²) < 4.78 is 0. The summed E-state index contributed by atoms with van der Waals surface area (Å²) in [7, 11) is 0. The molecule has 13 heavy (non-hydrogen) atoms. The highest BCUT2D eigenvalue weighted by Gasteiger charge is 2.17. The maximum Gasteiger partial charge on any atom is 0.332 e. The predicted octanol–water partition coefficient (Wildman–Crippen LogP) is -0.0952. The van der Waals surface area contributed by atoms with Gasteiger partial charge in [-0.05, 0) is 6.92 Å². The van der Waals surface area contributed by atoms with Gasteiger partial charge < -0.3 is 15.7 Å². The van der Waals surface area contributed by atoms with E-state index in [0.717, 1.165) is 0 Å². The Balaban J connectivity index is 3.68. The van der Waals surface area contributed by atoms with Crippen molar-refractivity contribution in [3.05, 3.63) is 4.91 Å². The predicted molar refractivity (Wildman–Crippen MR) is 45.1 cm³/mol. The minimum Gasteiger partial charge on any atom is -0.480 e. The molecule has 0 aromatic heterocycles. The molecule has 0 bridgehead atoms. The molecule has 0 aliphatic rings. The minimum absolute atomic E-state index is 0.00273. The topological polar surface area (TPSA) is 114 Å². The van der Waals surface area contributed by atoms with Crippen LogP contribution in [0.2, 0.25) is 0 Å². The van der Waals surface area contributed by atoms with E-state index in [-0.39, 0.29) is 18.9 Å². The summed E-state index contributed by atoms with van der Waals surface area (Å²) in [5.74, 6) is -1.04. The molecule has 0 fully saturated rings. The molecular formula is C6H11N3O4. The van der Waals surface area contributed by atoms with E-state index in [1.807, 2.05) is 0 Å². The lowest BCUT2D eigenvalue weighted by molar-refractivity contribution is -0.138. The highest BCUT2D eigenvalue weighted by atomic mass is 16.6. The summed E-state index contributed by atoms with van der Waals surface area (Å²) in [4.78, 5) is 24.8. The highest BCUT2D eigenvalue weighted by molar-refractivity contribution is 5.76. The van der Waals surface area contributed by atoms with Gasteiger partial charge in [0.2, 0.25) is 0 Å². The van der Waals surface area contributed by atoms with E-state index >= 15 is 0 Å². The first-order valence-electron chi connectivity index (χ1n) is 3.55. The van der Waals surface area contributed by atoms with Gasteiger partial charge in [-0.15, -0.1) is 4.91 Å². The molecule has 0 aliphatic carbocycles. The molecule has 7 nitrogen and oxygen atoms in total. The quantitative estimate of drug-likeness (QED) is 0.199. The summed E-state index contributed by atoms with van der Waals surface area (Å²) in [5.41, 5.74) is 5.13. The van der Waals surface area contributed by atoms with Crippen molar-refractivity contribution in [3.63, 3.8) is 0 Å². The van der Waals surface area contributed by atoms with E-state index < -0.39 is 12.0 Å². The van der Waals surface area contributed by atoms with Crippen LogP contribution in [-0.2, 0) is 9.63 Å². The summed E-state index contributed by atoms with van der Waals surface area (Å²) in [5, 5.41) is 14.1. The third-order valence-electron chi connectivity index (χ3n) is 1.10. The van der Waals surface area contributed by atoms with E-state index in [4.69, 9.17) is 10.8 Å². The first kappa shape index (κ1) is 11.3. The summed E-state index contributed by atoms with van der Waals surface area (Å²) >= 11 is 0. The van der Waals surface area contributed by atoms with Crippen LogP contribution in [0.5, 0.6) is 0 Å². The van der Waals surface area contributed by atoms with Crippen molar-refractivity contribution in [1.29, 1.82) is 0 Å². The van der Waals surface area contributed by atoms with Crippen molar-refractivity contribution in [2.75, 3.05) is 6.61 Å². The molecule has 0 aromatic carbocycles. The number of nitroso groups, excluding NO2 is 1. The SMILES string of the molecule is CC(N)=NOCCC(N=O)C(=O)O. The molecule has 0 heterocycles. The number of nitrogens with zero attached hydrogens (tertiary/aromatic N) is 2. The number of oxime groups is 1. The first-order chi connectivity index (χ1) is 6.07. The molecule has 0 saturated carbocycles. The van der Waals surface area contributed by atoms with E-state index in [1.54, 1.807) is 0 Å². The van der Waals surface area contributed by atoms with Gasteiger partial charge in [-0.1, -0.05) is 10.3 Å². The van der Waals surface area contributed by atoms with Crippen LogP contribution in [0.25, 0.3) is 0 Å². The number of rotatable bonds is 6. The minimum atomic E-state index is -1.28. The van der Waals surface area contributed by atoms with Crippen LogP contribution >= 0.6 is 0 Å². The Morgan fingerprint density at radius 3 is 2.69 bits per heavy atom. The lowest BCUT2D eigenvalue weighted by Gasteiger charge is -2.01. The number of carboxylic acid groups (broad SMARTS) is 1. The third-order valence-corrected chi connectivity index (χ3v) is 1.10. The molecule has 0 rings (SSSR count). The normalized spacial score (nSPS) is 13.5. The Bertz CT molecular complexity index is 212. The van der Waals surface area contributed by atoms with Crippen molar-refractivity contribution >= 4 is 11.8 Å². The molecule has 7 heteroatoms. The Morgan fingerprint density at radius 1 is 1.69 bits per heavy atom. The molecule has 74 valence electrons. The maximum atomic E-state index is 10.2. The van der Waals surface area contributed by atoms with Crippen LogP contribution in [0.15, 0.2) is 10.3 Å². The van der Waals surface area contributed by atoms with Gasteiger partial charge in [0, 0.05) is 6.42 Å². The molecule has 0 amide bonds. The van der Waals surface area contributed by atoms with Gasteiger partial charge in [0.25, 0.3) is 0 Å². The number of hydrogen-bond acceptors (Lipinski definition) is 5. The van der Waals surface area contributed by atoms with Crippen LogP contribution in [0.1, 0.15) is 13.3 Å². The summed E-state index contributed by atoms with van der Waals surface area (Å²) in [6, 6.07) is -1.28. The largest absolute Gasteiger partial charge is 0.480 e. The number of carboxylic acids is 1. The van der Waals surface area contributed by atoms with E-state index in [9.17, 15) is 9.70 Å². The van der Waals surface area contributed by atoms with Gasteiger partial charge in [0.05, 0.1) is 0 Å². The van der Waals surface area contributed by atoms with Gasteiger partial charge in [0.1, 0.15) is 12.4 Å². The monoisotopic (exact) mass is 189 g/mol. The van der Waals surface area contributed by atoms with Crippen LogP contribution in [0, 0.1) is 4.91 Å². The second-order valence-electron chi connectivity index (χ2n) is 2.31. The third kappa shape index (κ3) is 5.59. The van der Waals surface area contributed by atoms with E-state index in [1.165, 1.54) is 6.92 Å². The fraction of sp³-hybridized carbons (Fsp3) is 0.667. The number of aliphatic carboxylic acids is 1. The van der Waals surface area contributed by atoms with Crippen LogP contribution < -0.4 is 5.73 Å². The fourth-order valence-electron chi connectivity index (χ4n) is 0.533. The van der Waals surface area contributed by atoms with Crippen molar-refractivity contribution in [2.45, 2.75) is 19.4 Å². The van der Waals surface area contributed by atoms with Gasteiger partial charge in [-0.3, -0.25) is 0 Å². The zero-order chi connectivity index (χ0) is 10.3. The van der Waals surface area contributed by atoms with Gasteiger partial charge >= 0.3 is 5.97 Å². The number of nitrogens with two attached hydrogens (primary N) is 1. The summed E-state index contributed by atoms with van der Waals surface area (Å²) in [6.07, 6.45) is -0.0182. The van der Waals surface area contributed by atoms with Crippen LogP contribution in [0.3, 0.4) is 0 Å². The van der Waals surface area contributed by atoms with Crippen LogP contribution in [0.4, 0.5) is 0 Å². The Kier molecular flexibility index (Phi) is 5.17. The number of amidine groups is 1. The van der Waals surface area contributed by atoms with E-state index in [2.05, 4.69) is 15.2 Å². The smallest absolute Gasteiger partial charge is 0.332 e. The molecule has 1 unspecified atom stereocenters. The summed E-state index contributed by atoms with van der Waals surface area (Å²) in [6.45, 7) is 1.52. The Morgan fingerprint density at radius 2 is 2.31 bits per heavy atom. The molecular weight excluding hydrogens is 178 g/mol. The molecule has 0 spiro atoms. The van der Waals surface area contributed by atoms with Crippen molar-refractivity contribution < 1.29 is 14.7 Å². The molecule has 0 radical (unpaired) electrons. The number of hydrogen-bond donors (Lipinski definition) is 2. The zero-order valence-electron chi connectivity index (χ0n) is 7.14. The molecule has 3 N–H and O–H groups in total. The van der Waals surface area contributed by atoms with Gasteiger partial charge in [-0.25, -0.2) is 4.79 Å². The van der Waals surface area contributed by atoms with Crippen molar-refractivity contribution in [2.24, 2.45) is 16.1 Å². The fourth-order valence-corrected chi connectivity index (χ4v) is 0.533. The average Bonchev–Trinajstić information content (AvgIpc) is 2.03. The Hall–Kier alpha value is -1.66. The van der Waals surface area contributed by atoms with Crippen molar-refractivity contribution in [3.8, 4) is 0 Å². The first-order valence-corrected chi connectivity index (χ1v) is 3.55. The van der Waals surface area contributed by atoms with Gasteiger partial charge in [-0.2, -0.15) is 0 Å². The highest BCUT2D eigenvalue weighted by Crippen LogP contribution is 1.98. The standard InChI is InChI=1S/C6H11N3O4/c1-4(7)9-13-3-2-5(8-12)6(10)11/h5H,2-3H2,1H3,(H2,7,9)(H,10,11). The number of carbonyl (C=O) groups is 1. The van der Waals surface area contributed by atoms with E-state index in [0.29, 0.717) is 0 Å². The maximum absolute atomic E-state index is 10.2. The Labute approximate surface area is 74.5 Å². The van der Waals surface area contributed by atoms with Crippen LogP contribution in [-0.4, -0.2) is 29.6 Å². The molecule has 0 saturated heterocycles. The zero-order valence-corrected chi connectivity index (χ0v) is 7.14. The average molecular weight is 189 g/mol. The lowest BCUT2D eigenvalue weighted by Crippen LogP contribution is -2.19.